The van der Waals surface area contributed by atoms with E-state index in [9.17, 15) is 0 Å². The van der Waals surface area contributed by atoms with E-state index in [1.54, 1.807) is 6.26 Å². The second kappa shape index (κ2) is 5.78. The molecule has 0 aliphatic carbocycles. The van der Waals surface area contributed by atoms with Crippen LogP contribution in [0.25, 0.3) is 0 Å². The molecule has 2 nitrogen and oxygen atoms in total. The van der Waals surface area contributed by atoms with E-state index >= 15 is 0 Å². The van der Waals surface area contributed by atoms with E-state index in [1.807, 2.05) is 30.3 Å². The van der Waals surface area contributed by atoms with Crippen LogP contribution in [0.4, 0.5) is 5.69 Å². The van der Waals surface area contributed by atoms with E-state index in [2.05, 4.69) is 34.8 Å². The SMILES string of the molecule is CC(Cc1ccco1)Nc1cc(I)ccc1Cl. The van der Waals surface area contributed by atoms with Crippen molar-refractivity contribution in [2.75, 3.05) is 5.32 Å². The van der Waals surface area contributed by atoms with Crippen molar-refractivity contribution in [2.45, 2.75) is 19.4 Å². The van der Waals surface area contributed by atoms with Gasteiger partial charge >= 0.3 is 0 Å². The molecule has 90 valence electrons. The van der Waals surface area contributed by atoms with Gasteiger partial charge in [0.05, 0.1) is 17.0 Å². The Morgan fingerprint density at radius 1 is 1.41 bits per heavy atom. The lowest BCUT2D eigenvalue weighted by atomic mass is 10.2. The summed E-state index contributed by atoms with van der Waals surface area (Å²) in [6.45, 7) is 2.11. The third-order valence-corrected chi connectivity index (χ3v) is 3.42. The third kappa shape index (κ3) is 3.64. The fourth-order valence-electron chi connectivity index (χ4n) is 1.66. The van der Waals surface area contributed by atoms with E-state index < -0.39 is 0 Å². The Bertz CT molecular complexity index is 484. The van der Waals surface area contributed by atoms with Crippen LogP contribution in [0.2, 0.25) is 5.02 Å². The van der Waals surface area contributed by atoms with Crippen molar-refractivity contribution in [2.24, 2.45) is 0 Å². The molecule has 0 saturated heterocycles. The van der Waals surface area contributed by atoms with Crippen molar-refractivity contribution in [3.05, 3.63) is 50.9 Å². The number of furan rings is 1. The van der Waals surface area contributed by atoms with Crippen molar-refractivity contribution < 1.29 is 4.42 Å². The van der Waals surface area contributed by atoms with Gasteiger partial charge < -0.3 is 9.73 Å². The molecule has 1 aromatic carbocycles. The van der Waals surface area contributed by atoms with Crippen LogP contribution in [0.3, 0.4) is 0 Å². The molecule has 0 saturated carbocycles. The van der Waals surface area contributed by atoms with Crippen LogP contribution in [0.1, 0.15) is 12.7 Å². The molecule has 1 N–H and O–H groups in total. The summed E-state index contributed by atoms with van der Waals surface area (Å²) >= 11 is 8.41. The first kappa shape index (κ1) is 12.8. The van der Waals surface area contributed by atoms with Gasteiger partial charge in [-0.05, 0) is 59.8 Å². The zero-order chi connectivity index (χ0) is 12.3. The smallest absolute Gasteiger partial charge is 0.105 e. The maximum atomic E-state index is 6.13. The molecule has 0 fully saturated rings. The Balaban J connectivity index is 2.02. The minimum Gasteiger partial charge on any atom is -0.469 e. The third-order valence-electron chi connectivity index (χ3n) is 2.42. The van der Waals surface area contributed by atoms with E-state index in [0.717, 1.165) is 22.9 Å². The lowest BCUT2D eigenvalue weighted by Gasteiger charge is -2.15. The highest BCUT2D eigenvalue weighted by atomic mass is 127. The van der Waals surface area contributed by atoms with Gasteiger partial charge in [-0.15, -0.1) is 0 Å². The molecule has 1 heterocycles. The largest absolute Gasteiger partial charge is 0.469 e. The van der Waals surface area contributed by atoms with Gasteiger partial charge in [-0.1, -0.05) is 11.6 Å². The minimum absolute atomic E-state index is 0.275. The summed E-state index contributed by atoms with van der Waals surface area (Å²) in [5.74, 6) is 0.978. The highest BCUT2D eigenvalue weighted by Crippen LogP contribution is 2.25. The molecule has 0 spiro atoms. The molecule has 1 atom stereocenters. The summed E-state index contributed by atoms with van der Waals surface area (Å²) in [6.07, 6.45) is 2.54. The number of nitrogens with one attached hydrogen (secondary N) is 1. The molecule has 1 unspecified atom stereocenters. The molecule has 2 rings (SSSR count). The number of hydrogen-bond donors (Lipinski definition) is 1. The van der Waals surface area contributed by atoms with Gasteiger partial charge in [0.2, 0.25) is 0 Å². The molecule has 0 amide bonds. The van der Waals surface area contributed by atoms with Crippen molar-refractivity contribution >= 4 is 39.9 Å². The van der Waals surface area contributed by atoms with Crippen LogP contribution in [0, 0.1) is 3.57 Å². The van der Waals surface area contributed by atoms with Crippen molar-refractivity contribution in [3.63, 3.8) is 0 Å². The average molecular weight is 362 g/mol. The predicted octanol–water partition coefficient (Wildman–Crippen LogP) is 4.58. The first-order chi connectivity index (χ1) is 8.15. The van der Waals surface area contributed by atoms with Crippen LogP contribution >= 0.6 is 34.2 Å². The first-order valence-corrected chi connectivity index (χ1v) is 6.85. The molecular formula is C13H13ClINO. The van der Waals surface area contributed by atoms with Gasteiger partial charge in [0, 0.05) is 16.0 Å². The van der Waals surface area contributed by atoms with Crippen LogP contribution in [-0.4, -0.2) is 6.04 Å². The maximum absolute atomic E-state index is 6.13. The van der Waals surface area contributed by atoms with Gasteiger partial charge in [0.25, 0.3) is 0 Å². The molecular weight excluding hydrogens is 349 g/mol. The summed E-state index contributed by atoms with van der Waals surface area (Å²) in [5.41, 5.74) is 0.970. The number of halogens is 2. The van der Waals surface area contributed by atoms with E-state index in [4.69, 9.17) is 16.0 Å². The quantitative estimate of drug-likeness (QED) is 0.806. The summed E-state index contributed by atoms with van der Waals surface area (Å²) in [6, 6.07) is 10.1. The van der Waals surface area contributed by atoms with Gasteiger partial charge in [-0.25, -0.2) is 0 Å². The van der Waals surface area contributed by atoms with Crippen molar-refractivity contribution in [3.8, 4) is 0 Å². The molecule has 0 aliphatic heterocycles. The zero-order valence-electron chi connectivity index (χ0n) is 9.41. The van der Waals surface area contributed by atoms with Gasteiger partial charge in [0.15, 0.2) is 0 Å². The van der Waals surface area contributed by atoms with Crippen LogP contribution in [-0.2, 0) is 6.42 Å². The fourth-order valence-corrected chi connectivity index (χ4v) is 2.32. The lowest BCUT2D eigenvalue weighted by Crippen LogP contribution is -2.18. The van der Waals surface area contributed by atoms with Crippen LogP contribution in [0.5, 0.6) is 0 Å². The topological polar surface area (TPSA) is 25.2 Å². The highest BCUT2D eigenvalue weighted by Gasteiger charge is 2.08. The number of anilines is 1. The standard InChI is InChI=1S/C13H13ClINO/c1-9(7-11-3-2-6-17-11)16-13-8-10(15)4-5-12(13)14/h2-6,8-9,16H,7H2,1H3. The van der Waals surface area contributed by atoms with Gasteiger partial charge in [-0.3, -0.25) is 0 Å². The van der Waals surface area contributed by atoms with Crippen molar-refractivity contribution in [1.82, 2.24) is 0 Å². The molecule has 0 bridgehead atoms. The molecule has 2 aromatic rings. The van der Waals surface area contributed by atoms with E-state index in [-0.39, 0.29) is 6.04 Å². The summed E-state index contributed by atoms with van der Waals surface area (Å²) < 4.78 is 6.49. The number of hydrogen-bond acceptors (Lipinski definition) is 2. The summed E-state index contributed by atoms with van der Waals surface area (Å²) in [5, 5.41) is 4.14. The van der Waals surface area contributed by atoms with Crippen LogP contribution < -0.4 is 5.32 Å². The zero-order valence-corrected chi connectivity index (χ0v) is 12.3. The lowest BCUT2D eigenvalue weighted by molar-refractivity contribution is 0.498. The van der Waals surface area contributed by atoms with Crippen LogP contribution in [0.15, 0.2) is 41.0 Å². The predicted molar refractivity (Wildman–Crippen MR) is 79.7 cm³/mol. The first-order valence-electron chi connectivity index (χ1n) is 5.39. The molecule has 4 heteroatoms. The second-order valence-corrected chi connectivity index (χ2v) is 5.61. The Hall–Kier alpha value is -0.680. The highest BCUT2D eigenvalue weighted by molar-refractivity contribution is 14.1. The van der Waals surface area contributed by atoms with Gasteiger partial charge in [0.1, 0.15) is 5.76 Å². The average Bonchev–Trinajstić information content (AvgIpc) is 2.76. The fraction of sp³-hybridized carbons (Fsp3) is 0.231. The molecule has 1 aromatic heterocycles. The Kier molecular flexibility index (Phi) is 4.34. The van der Waals surface area contributed by atoms with E-state index in [1.165, 1.54) is 3.57 Å². The second-order valence-electron chi connectivity index (χ2n) is 3.95. The summed E-state index contributed by atoms with van der Waals surface area (Å²) in [4.78, 5) is 0. The number of benzene rings is 1. The molecule has 0 aliphatic rings. The monoisotopic (exact) mass is 361 g/mol. The minimum atomic E-state index is 0.275. The van der Waals surface area contributed by atoms with E-state index in [0.29, 0.717) is 0 Å². The number of rotatable bonds is 4. The maximum Gasteiger partial charge on any atom is 0.105 e. The Morgan fingerprint density at radius 3 is 2.94 bits per heavy atom. The Labute approximate surface area is 119 Å². The van der Waals surface area contributed by atoms with Crippen molar-refractivity contribution in [1.29, 1.82) is 0 Å². The van der Waals surface area contributed by atoms with Gasteiger partial charge in [-0.2, -0.15) is 0 Å². The molecule has 17 heavy (non-hydrogen) atoms. The molecule has 0 radical (unpaired) electrons. The Morgan fingerprint density at radius 2 is 2.24 bits per heavy atom. The normalized spacial score (nSPS) is 12.4. The summed E-state index contributed by atoms with van der Waals surface area (Å²) in [7, 11) is 0.